The summed E-state index contributed by atoms with van der Waals surface area (Å²) in [6.07, 6.45) is 1.01. The fraction of sp³-hybridized carbons (Fsp3) is 0.611. The highest BCUT2D eigenvalue weighted by atomic mass is 32.2. The second-order valence-electron chi connectivity index (χ2n) is 7.68. The van der Waals surface area contributed by atoms with E-state index in [-0.39, 0.29) is 36.6 Å². The van der Waals surface area contributed by atoms with Crippen LogP contribution in [0.3, 0.4) is 0 Å². The van der Waals surface area contributed by atoms with Crippen LogP contribution in [0.4, 0.5) is 0 Å². The molecule has 0 radical (unpaired) electrons. The summed E-state index contributed by atoms with van der Waals surface area (Å²) >= 11 is 0. The van der Waals surface area contributed by atoms with Crippen molar-refractivity contribution in [1.29, 1.82) is 5.26 Å². The van der Waals surface area contributed by atoms with E-state index in [0.717, 1.165) is 6.42 Å². The third-order valence-electron chi connectivity index (χ3n) is 5.31. The van der Waals surface area contributed by atoms with Gasteiger partial charge in [-0.15, -0.1) is 0 Å². The lowest BCUT2D eigenvalue weighted by Gasteiger charge is -2.40. The Kier molecular flexibility index (Phi) is 6.12. The van der Waals surface area contributed by atoms with Crippen molar-refractivity contribution < 1.29 is 16.8 Å². The van der Waals surface area contributed by atoms with Gasteiger partial charge in [0.15, 0.2) is 0 Å². The molecule has 3 rings (SSSR count). The monoisotopic (exact) mass is 426 g/mol. The summed E-state index contributed by atoms with van der Waals surface area (Å²) in [5.74, 6) is 0.616. The van der Waals surface area contributed by atoms with Gasteiger partial charge in [-0.3, -0.25) is 0 Å². The highest BCUT2D eigenvalue weighted by Crippen LogP contribution is 2.26. The second kappa shape index (κ2) is 8.08. The fourth-order valence-electron chi connectivity index (χ4n) is 4.02. The van der Waals surface area contributed by atoms with Gasteiger partial charge in [-0.05, 0) is 30.4 Å². The van der Waals surface area contributed by atoms with Crippen LogP contribution in [-0.4, -0.2) is 69.0 Å². The smallest absolute Gasteiger partial charge is 0.207 e. The normalized spacial score (nSPS) is 26.0. The number of hydrogen-bond donors (Lipinski definition) is 0. The van der Waals surface area contributed by atoms with Crippen LogP contribution in [-0.2, 0) is 20.2 Å². The van der Waals surface area contributed by atoms with Crippen LogP contribution in [0, 0.1) is 23.2 Å². The first-order valence-electron chi connectivity index (χ1n) is 9.40. The number of sulfonamides is 1. The molecule has 8 nitrogen and oxygen atoms in total. The minimum absolute atomic E-state index is 0.0347. The fourth-order valence-corrected chi connectivity index (χ4v) is 7.42. The Morgan fingerprint density at radius 3 is 2.00 bits per heavy atom. The lowest BCUT2D eigenvalue weighted by atomic mass is 9.94. The van der Waals surface area contributed by atoms with E-state index in [9.17, 15) is 22.1 Å². The third-order valence-corrected chi connectivity index (χ3v) is 9.24. The molecule has 1 aromatic rings. The Labute approximate surface area is 167 Å². The van der Waals surface area contributed by atoms with Gasteiger partial charge < -0.3 is 0 Å². The zero-order valence-electron chi connectivity index (χ0n) is 16.2. The van der Waals surface area contributed by atoms with Gasteiger partial charge >= 0.3 is 0 Å². The van der Waals surface area contributed by atoms with Crippen molar-refractivity contribution in [3.05, 3.63) is 29.8 Å². The van der Waals surface area contributed by atoms with Crippen molar-refractivity contribution >= 4 is 20.2 Å². The van der Waals surface area contributed by atoms with Gasteiger partial charge in [0, 0.05) is 39.3 Å². The van der Waals surface area contributed by atoms with Gasteiger partial charge in [-0.1, -0.05) is 26.0 Å². The predicted molar refractivity (Wildman–Crippen MR) is 105 cm³/mol. The zero-order valence-corrected chi connectivity index (χ0v) is 17.8. The average Bonchev–Trinajstić information content (AvgIpc) is 2.67. The minimum Gasteiger partial charge on any atom is -0.207 e. The van der Waals surface area contributed by atoms with Crippen molar-refractivity contribution in [2.24, 2.45) is 11.8 Å². The quantitative estimate of drug-likeness (QED) is 0.717. The van der Waals surface area contributed by atoms with Gasteiger partial charge in [-0.2, -0.15) is 26.6 Å². The van der Waals surface area contributed by atoms with E-state index in [2.05, 4.69) is 13.8 Å². The van der Waals surface area contributed by atoms with E-state index in [1.54, 1.807) is 12.1 Å². The van der Waals surface area contributed by atoms with E-state index in [1.165, 1.54) is 25.0 Å². The molecule has 0 spiro atoms. The largest absolute Gasteiger partial charge is 0.282 e. The average molecular weight is 427 g/mol. The van der Waals surface area contributed by atoms with Crippen LogP contribution in [0.2, 0.25) is 0 Å². The Morgan fingerprint density at radius 2 is 1.43 bits per heavy atom. The molecule has 0 N–H and O–H groups in total. The van der Waals surface area contributed by atoms with Crippen molar-refractivity contribution in [3.8, 4) is 6.07 Å². The Balaban J connectivity index is 1.73. The topological polar surface area (TPSA) is 102 Å². The molecular weight excluding hydrogens is 400 g/mol. The number of rotatable bonds is 4. The number of benzene rings is 1. The molecule has 2 atom stereocenters. The van der Waals surface area contributed by atoms with Crippen LogP contribution < -0.4 is 0 Å². The Hall–Kier alpha value is -1.51. The number of hydrogen-bond acceptors (Lipinski definition) is 5. The summed E-state index contributed by atoms with van der Waals surface area (Å²) in [6.45, 7) is 5.46. The summed E-state index contributed by atoms with van der Waals surface area (Å²) < 4.78 is 56.0. The Morgan fingerprint density at radius 1 is 0.893 bits per heavy atom. The molecule has 10 heteroatoms. The van der Waals surface area contributed by atoms with Crippen LogP contribution in [0.5, 0.6) is 0 Å². The zero-order chi connectivity index (χ0) is 20.5. The van der Waals surface area contributed by atoms with Crippen molar-refractivity contribution in [3.63, 3.8) is 0 Å². The molecular formula is C18H26N4O4S2. The van der Waals surface area contributed by atoms with Gasteiger partial charge in [0.2, 0.25) is 10.0 Å². The summed E-state index contributed by atoms with van der Waals surface area (Å²) in [6, 6.07) is 7.97. The summed E-state index contributed by atoms with van der Waals surface area (Å²) in [5.41, 5.74) is 0.0915. The molecule has 2 fully saturated rings. The molecule has 2 unspecified atom stereocenters. The van der Waals surface area contributed by atoms with Gasteiger partial charge in [-0.25, -0.2) is 8.42 Å². The van der Waals surface area contributed by atoms with Crippen molar-refractivity contribution in [1.82, 2.24) is 12.9 Å². The van der Waals surface area contributed by atoms with Crippen LogP contribution in [0.15, 0.2) is 29.2 Å². The number of piperazine rings is 1. The molecule has 2 heterocycles. The molecule has 0 aliphatic carbocycles. The highest BCUT2D eigenvalue weighted by Gasteiger charge is 2.38. The van der Waals surface area contributed by atoms with E-state index >= 15 is 0 Å². The number of nitrogens with zero attached hydrogens (tertiary/aromatic N) is 4. The summed E-state index contributed by atoms with van der Waals surface area (Å²) in [4.78, 5) is -0.0347. The molecule has 2 saturated heterocycles. The highest BCUT2D eigenvalue weighted by molar-refractivity contribution is 7.89. The predicted octanol–water partition coefficient (Wildman–Crippen LogP) is 1.09. The SMILES string of the molecule is CC1CC(C)CN(S(=O)(=O)N2CCN(S(=O)(=O)c3ccccc3C#N)CC2)C1. The second-order valence-corrected chi connectivity index (χ2v) is 11.5. The van der Waals surface area contributed by atoms with E-state index in [4.69, 9.17) is 0 Å². The first-order valence-corrected chi connectivity index (χ1v) is 12.2. The van der Waals surface area contributed by atoms with Crippen LogP contribution in [0.25, 0.3) is 0 Å². The van der Waals surface area contributed by atoms with E-state index in [1.807, 2.05) is 6.07 Å². The first kappa shape index (κ1) is 21.2. The molecule has 1 aromatic carbocycles. The third kappa shape index (κ3) is 4.09. The number of piperidine rings is 1. The maximum Gasteiger partial charge on any atom is 0.282 e. The van der Waals surface area contributed by atoms with Crippen molar-refractivity contribution in [2.45, 2.75) is 25.2 Å². The lowest BCUT2D eigenvalue weighted by molar-refractivity contribution is 0.197. The van der Waals surface area contributed by atoms with E-state index in [0.29, 0.717) is 24.9 Å². The molecule has 28 heavy (non-hydrogen) atoms. The number of nitriles is 1. The van der Waals surface area contributed by atoms with Gasteiger partial charge in [0.25, 0.3) is 10.2 Å². The molecule has 154 valence electrons. The molecule has 0 bridgehead atoms. The maximum atomic E-state index is 13.0. The summed E-state index contributed by atoms with van der Waals surface area (Å²) in [7, 11) is -7.44. The standard InChI is InChI=1S/C18H26N4O4S2/c1-15-11-16(2)14-22(13-15)28(25,26)21-9-7-20(8-10-21)27(23,24)18-6-4-3-5-17(18)12-19/h3-6,15-16H,7-11,13-14H2,1-2H3. The minimum atomic E-state index is -3.84. The van der Waals surface area contributed by atoms with E-state index < -0.39 is 20.2 Å². The van der Waals surface area contributed by atoms with Crippen molar-refractivity contribution in [2.75, 3.05) is 39.3 Å². The van der Waals surface area contributed by atoms with Crippen LogP contribution in [0.1, 0.15) is 25.8 Å². The van der Waals surface area contributed by atoms with Gasteiger partial charge in [0.1, 0.15) is 6.07 Å². The Bertz CT molecular complexity index is 954. The molecule has 0 saturated carbocycles. The maximum absolute atomic E-state index is 13.0. The first-order chi connectivity index (χ1) is 13.2. The lowest BCUT2D eigenvalue weighted by Crippen LogP contribution is -2.56. The molecule has 0 aromatic heterocycles. The van der Waals surface area contributed by atoms with Crippen LogP contribution >= 0.6 is 0 Å². The molecule has 2 aliphatic heterocycles. The summed E-state index contributed by atoms with van der Waals surface area (Å²) in [5, 5.41) is 9.19. The van der Waals surface area contributed by atoms with Gasteiger partial charge in [0.05, 0.1) is 10.5 Å². The molecule has 0 amide bonds. The molecule has 2 aliphatic rings.